The van der Waals surface area contributed by atoms with Crippen molar-refractivity contribution in [1.29, 1.82) is 0 Å². The van der Waals surface area contributed by atoms with E-state index >= 15 is 0 Å². The van der Waals surface area contributed by atoms with Crippen molar-refractivity contribution >= 4 is 0 Å². The Hall–Kier alpha value is -0.0400. The van der Waals surface area contributed by atoms with Crippen molar-refractivity contribution in [3.63, 3.8) is 0 Å². The van der Waals surface area contributed by atoms with Crippen molar-refractivity contribution < 1.29 is 5.11 Å². The van der Waals surface area contributed by atoms with Gasteiger partial charge in [0, 0.05) is 0 Å². The molecular weight excluding hydrogens is 352 g/mol. The van der Waals surface area contributed by atoms with E-state index in [-0.39, 0.29) is 6.10 Å². The largest absolute Gasteiger partial charge is 0.393 e. The number of hydrogen-bond acceptors (Lipinski definition) is 1. The van der Waals surface area contributed by atoms with Gasteiger partial charge in [0.2, 0.25) is 0 Å². The molecule has 0 spiro atoms. The van der Waals surface area contributed by atoms with Crippen LogP contribution in [-0.2, 0) is 0 Å². The van der Waals surface area contributed by atoms with Crippen molar-refractivity contribution in [3.8, 4) is 0 Å². The number of rotatable bonds is 5. The highest BCUT2D eigenvalue weighted by Gasteiger charge is 2.59. The van der Waals surface area contributed by atoms with Crippen LogP contribution in [0.25, 0.3) is 0 Å². The lowest BCUT2D eigenvalue weighted by atomic mass is 9.44. The summed E-state index contributed by atoms with van der Waals surface area (Å²) in [6.45, 7) is 12.5. The van der Waals surface area contributed by atoms with Crippen LogP contribution >= 0.6 is 0 Å². The lowest BCUT2D eigenvalue weighted by Crippen LogP contribution is -2.53. The van der Waals surface area contributed by atoms with Gasteiger partial charge < -0.3 is 5.11 Å². The molecule has 168 valence electrons. The molecule has 1 N–H and O–H groups in total. The molecule has 0 radical (unpaired) electrons. The smallest absolute Gasteiger partial charge is 0.0543 e. The fourth-order valence-corrected chi connectivity index (χ4v) is 9.04. The number of aliphatic hydroxyl groups excluding tert-OH is 1. The minimum atomic E-state index is -0.00683. The van der Waals surface area contributed by atoms with E-state index < -0.39 is 0 Å². The Labute approximate surface area is 181 Å². The summed E-state index contributed by atoms with van der Waals surface area (Å²) in [4.78, 5) is 0. The van der Waals surface area contributed by atoms with E-state index in [0.717, 1.165) is 42.4 Å². The predicted molar refractivity (Wildman–Crippen MR) is 124 cm³/mol. The zero-order valence-electron chi connectivity index (χ0n) is 20.3. The van der Waals surface area contributed by atoms with Gasteiger partial charge in [-0.15, -0.1) is 0 Å². The van der Waals surface area contributed by atoms with Crippen molar-refractivity contribution in [2.24, 2.45) is 45.8 Å². The number of fused-ring (bicyclic) bond motifs is 5. The van der Waals surface area contributed by atoms with Crippen LogP contribution in [0.5, 0.6) is 0 Å². The van der Waals surface area contributed by atoms with Gasteiger partial charge in [0.25, 0.3) is 0 Å². The van der Waals surface area contributed by atoms with Crippen LogP contribution in [0, 0.1) is 45.8 Å². The molecule has 7 unspecified atom stereocenters. The molecule has 4 fully saturated rings. The Morgan fingerprint density at radius 3 is 2.28 bits per heavy atom. The Morgan fingerprint density at radius 2 is 1.52 bits per heavy atom. The molecule has 4 aliphatic carbocycles. The molecule has 8 atom stereocenters. The Morgan fingerprint density at radius 1 is 0.793 bits per heavy atom. The molecule has 0 aliphatic heterocycles. The van der Waals surface area contributed by atoms with Gasteiger partial charge >= 0.3 is 0 Å². The third-order valence-electron chi connectivity index (χ3n) is 10.8. The van der Waals surface area contributed by atoms with Crippen molar-refractivity contribution in [2.75, 3.05) is 0 Å². The molecule has 0 bridgehead atoms. The van der Waals surface area contributed by atoms with Gasteiger partial charge in [0.05, 0.1) is 6.10 Å². The lowest BCUT2D eigenvalue weighted by molar-refractivity contribution is -0.127. The molecule has 0 aromatic heterocycles. The monoisotopic (exact) mass is 402 g/mol. The van der Waals surface area contributed by atoms with Crippen LogP contribution < -0.4 is 0 Å². The van der Waals surface area contributed by atoms with Crippen LogP contribution in [0.15, 0.2) is 0 Å². The number of aliphatic hydroxyl groups is 1. The fraction of sp³-hybridized carbons (Fsp3) is 1.00. The zero-order chi connectivity index (χ0) is 20.9. The van der Waals surface area contributed by atoms with E-state index in [9.17, 15) is 5.11 Å². The highest BCUT2D eigenvalue weighted by molar-refractivity contribution is 5.09. The van der Waals surface area contributed by atoms with Crippen LogP contribution in [0.1, 0.15) is 125 Å². The molecule has 0 saturated heterocycles. The number of unbranched alkanes of at least 4 members (excludes halogenated alkanes) is 2. The van der Waals surface area contributed by atoms with Gasteiger partial charge in [0.15, 0.2) is 0 Å². The molecule has 0 aromatic rings. The Kier molecular flexibility index (Phi) is 6.22. The quantitative estimate of drug-likeness (QED) is 0.462. The maximum Gasteiger partial charge on any atom is 0.0543 e. The standard InChI is InChI=1S/C28H50O/c1-26(2,3)16-8-6-7-9-20-11-13-24-23-12-10-21-19-22(29)14-17-28(21,5)25(23)15-18-27(20,24)4/h20-25,29H,6-19H2,1-5H3/t20-,21?,22?,23?,24?,25?,27?,28?/m0/s1. The summed E-state index contributed by atoms with van der Waals surface area (Å²) in [6.07, 6.45) is 19.6. The maximum atomic E-state index is 10.2. The summed E-state index contributed by atoms with van der Waals surface area (Å²) in [7, 11) is 0. The molecule has 1 heteroatoms. The minimum absolute atomic E-state index is 0.00683. The van der Waals surface area contributed by atoms with Crippen molar-refractivity contribution in [3.05, 3.63) is 0 Å². The van der Waals surface area contributed by atoms with Crippen LogP contribution in [0.2, 0.25) is 0 Å². The first-order valence-corrected chi connectivity index (χ1v) is 13.3. The predicted octanol–water partition coefficient (Wildman–Crippen LogP) is 8.00. The molecule has 0 aromatic carbocycles. The van der Waals surface area contributed by atoms with Crippen LogP contribution in [0.3, 0.4) is 0 Å². The third-order valence-corrected chi connectivity index (χ3v) is 10.8. The molecule has 0 amide bonds. The molecule has 4 aliphatic rings. The van der Waals surface area contributed by atoms with E-state index in [1.54, 1.807) is 0 Å². The maximum absolute atomic E-state index is 10.2. The SMILES string of the molecule is CC(C)(C)CCCCC[C@H]1CCC2C3CCC4CC(O)CCC4(C)C3CCC21C. The second-order valence-corrected chi connectivity index (χ2v) is 13.6. The lowest BCUT2D eigenvalue weighted by Gasteiger charge is -2.61. The first-order valence-electron chi connectivity index (χ1n) is 13.3. The summed E-state index contributed by atoms with van der Waals surface area (Å²) < 4.78 is 0. The second-order valence-electron chi connectivity index (χ2n) is 13.6. The van der Waals surface area contributed by atoms with Gasteiger partial charge in [-0.2, -0.15) is 0 Å². The van der Waals surface area contributed by atoms with Crippen LogP contribution in [-0.4, -0.2) is 11.2 Å². The average molecular weight is 403 g/mol. The third kappa shape index (κ3) is 4.20. The fourth-order valence-electron chi connectivity index (χ4n) is 9.04. The van der Waals surface area contributed by atoms with E-state index in [2.05, 4.69) is 34.6 Å². The molecule has 4 saturated carbocycles. The summed E-state index contributed by atoms with van der Waals surface area (Å²) in [5.74, 6) is 4.76. The Bertz CT molecular complexity index is 561. The van der Waals surface area contributed by atoms with E-state index in [4.69, 9.17) is 0 Å². The zero-order valence-corrected chi connectivity index (χ0v) is 20.3. The molecule has 1 nitrogen and oxygen atoms in total. The van der Waals surface area contributed by atoms with E-state index in [1.165, 1.54) is 77.0 Å². The first-order chi connectivity index (χ1) is 13.6. The molecular formula is C28H50O. The second kappa shape index (κ2) is 8.14. The normalized spacial score (nSPS) is 47.4. The Balaban J connectivity index is 1.36. The van der Waals surface area contributed by atoms with Gasteiger partial charge in [-0.1, -0.05) is 53.9 Å². The highest BCUT2D eigenvalue weighted by atomic mass is 16.3. The van der Waals surface area contributed by atoms with Gasteiger partial charge in [0.1, 0.15) is 0 Å². The summed E-state index contributed by atoms with van der Waals surface area (Å²) in [5, 5.41) is 10.2. The van der Waals surface area contributed by atoms with Gasteiger partial charge in [-0.05, 0) is 116 Å². The van der Waals surface area contributed by atoms with Crippen molar-refractivity contribution in [1.82, 2.24) is 0 Å². The van der Waals surface area contributed by atoms with E-state index in [1.807, 2.05) is 0 Å². The van der Waals surface area contributed by atoms with Gasteiger partial charge in [-0.25, -0.2) is 0 Å². The summed E-state index contributed by atoms with van der Waals surface area (Å²) in [6, 6.07) is 0. The highest BCUT2D eigenvalue weighted by Crippen LogP contribution is 2.67. The summed E-state index contributed by atoms with van der Waals surface area (Å²) in [5.41, 5.74) is 1.68. The van der Waals surface area contributed by atoms with Gasteiger partial charge in [-0.3, -0.25) is 0 Å². The number of hydrogen-bond donors (Lipinski definition) is 1. The average Bonchev–Trinajstić information content (AvgIpc) is 2.98. The van der Waals surface area contributed by atoms with E-state index in [0.29, 0.717) is 16.2 Å². The topological polar surface area (TPSA) is 20.2 Å². The molecule has 4 rings (SSSR count). The summed E-state index contributed by atoms with van der Waals surface area (Å²) >= 11 is 0. The molecule has 0 heterocycles. The van der Waals surface area contributed by atoms with Crippen molar-refractivity contribution in [2.45, 2.75) is 131 Å². The van der Waals surface area contributed by atoms with Crippen LogP contribution in [0.4, 0.5) is 0 Å². The first kappa shape index (κ1) is 22.2. The minimum Gasteiger partial charge on any atom is -0.393 e. The molecule has 29 heavy (non-hydrogen) atoms.